The van der Waals surface area contributed by atoms with Gasteiger partial charge in [-0.05, 0) is 39.3 Å². The largest absolute Gasteiger partial charge is 0.343 e. The van der Waals surface area contributed by atoms with Crippen LogP contribution >= 0.6 is 0 Å². The molecular weight excluding hydrogens is 314 g/mol. The van der Waals surface area contributed by atoms with Crippen molar-refractivity contribution < 1.29 is 4.79 Å². The first-order valence-electron chi connectivity index (χ1n) is 9.68. The zero-order chi connectivity index (χ0) is 17.8. The molecule has 1 unspecified atom stereocenters. The molecule has 3 rings (SSSR count). The van der Waals surface area contributed by atoms with E-state index in [1.54, 1.807) is 0 Å². The second-order valence-corrected chi connectivity index (χ2v) is 7.33. The molecule has 1 N–H and O–H groups in total. The van der Waals surface area contributed by atoms with Crippen molar-refractivity contribution in [3.8, 4) is 0 Å². The Balaban J connectivity index is 1.87. The Morgan fingerprint density at radius 3 is 2.72 bits per heavy atom. The van der Waals surface area contributed by atoms with Crippen LogP contribution in [0.15, 0.2) is 6.07 Å². The van der Waals surface area contributed by atoms with Crippen LogP contribution in [0.3, 0.4) is 0 Å². The summed E-state index contributed by atoms with van der Waals surface area (Å²) in [4.78, 5) is 26.2. The van der Waals surface area contributed by atoms with Crippen LogP contribution in [0.4, 0.5) is 5.82 Å². The minimum absolute atomic E-state index is 0.0890. The second kappa shape index (κ2) is 8.13. The molecule has 2 aliphatic heterocycles. The van der Waals surface area contributed by atoms with Gasteiger partial charge in [-0.3, -0.25) is 4.79 Å². The van der Waals surface area contributed by atoms with Gasteiger partial charge in [0.05, 0.1) is 0 Å². The summed E-state index contributed by atoms with van der Waals surface area (Å²) in [6, 6.07) is 2.05. The normalized spacial score (nSPS) is 22.5. The van der Waals surface area contributed by atoms with Crippen molar-refractivity contribution >= 4 is 11.7 Å². The Kier molecular flexibility index (Phi) is 5.89. The minimum atomic E-state index is -0.0890. The highest BCUT2D eigenvalue weighted by Crippen LogP contribution is 2.28. The highest BCUT2D eigenvalue weighted by atomic mass is 16.2. The standard InChI is InChI=1S/C19H31N5O/c1-4-5-6-17-19(25)23(3)11-12-24(17)18-13-16(21-14(2)22-18)15-7-9-20-10-8-15/h13,15,17,20H,4-12H2,1-3H3. The Bertz CT molecular complexity index is 599. The molecule has 1 atom stereocenters. The van der Waals surface area contributed by atoms with Gasteiger partial charge in [0.1, 0.15) is 17.7 Å². The predicted octanol–water partition coefficient (Wildman–Crippen LogP) is 2.09. The van der Waals surface area contributed by atoms with Crippen LogP contribution in [0, 0.1) is 6.92 Å². The molecule has 0 spiro atoms. The van der Waals surface area contributed by atoms with Gasteiger partial charge >= 0.3 is 0 Å². The first kappa shape index (κ1) is 18.1. The lowest BCUT2D eigenvalue weighted by molar-refractivity contribution is -0.133. The minimum Gasteiger partial charge on any atom is -0.343 e. The average Bonchev–Trinajstić information content (AvgIpc) is 2.63. The van der Waals surface area contributed by atoms with Crippen LogP contribution in [-0.4, -0.2) is 60.0 Å². The van der Waals surface area contributed by atoms with Crippen molar-refractivity contribution in [1.29, 1.82) is 0 Å². The van der Waals surface area contributed by atoms with Gasteiger partial charge in [-0.1, -0.05) is 19.8 Å². The van der Waals surface area contributed by atoms with E-state index in [2.05, 4.69) is 23.2 Å². The number of unbranched alkanes of at least 4 members (excludes halogenated alkanes) is 1. The van der Waals surface area contributed by atoms with E-state index in [0.29, 0.717) is 5.92 Å². The second-order valence-electron chi connectivity index (χ2n) is 7.33. The third-order valence-corrected chi connectivity index (χ3v) is 5.44. The summed E-state index contributed by atoms with van der Waals surface area (Å²) in [6.45, 7) is 7.84. The van der Waals surface area contributed by atoms with Crippen LogP contribution in [0.5, 0.6) is 0 Å². The van der Waals surface area contributed by atoms with Gasteiger partial charge in [-0.25, -0.2) is 9.97 Å². The number of aromatic nitrogens is 2. The van der Waals surface area contributed by atoms with E-state index < -0.39 is 0 Å². The third-order valence-electron chi connectivity index (χ3n) is 5.44. The number of carbonyl (C=O) groups excluding carboxylic acids is 1. The molecule has 25 heavy (non-hydrogen) atoms. The lowest BCUT2D eigenvalue weighted by Gasteiger charge is -2.40. The number of nitrogens with one attached hydrogen (secondary N) is 1. The first-order chi connectivity index (χ1) is 12.1. The Labute approximate surface area is 151 Å². The molecule has 2 saturated heterocycles. The average molecular weight is 345 g/mol. The van der Waals surface area contributed by atoms with Crippen molar-refractivity contribution in [2.24, 2.45) is 0 Å². The van der Waals surface area contributed by atoms with Crippen molar-refractivity contribution in [3.63, 3.8) is 0 Å². The first-order valence-corrected chi connectivity index (χ1v) is 9.68. The topological polar surface area (TPSA) is 61.4 Å². The summed E-state index contributed by atoms with van der Waals surface area (Å²) in [5.74, 6) is 2.47. The van der Waals surface area contributed by atoms with E-state index in [4.69, 9.17) is 9.97 Å². The number of nitrogens with zero attached hydrogens (tertiary/aromatic N) is 4. The van der Waals surface area contributed by atoms with Crippen LogP contribution in [0.1, 0.15) is 56.5 Å². The number of carbonyl (C=O) groups is 1. The summed E-state index contributed by atoms with van der Waals surface area (Å²) in [5.41, 5.74) is 1.14. The molecule has 1 amide bonds. The van der Waals surface area contributed by atoms with Gasteiger partial charge in [0.15, 0.2) is 0 Å². The molecule has 0 aromatic carbocycles. The third kappa shape index (κ3) is 4.11. The van der Waals surface area contributed by atoms with Crippen molar-refractivity contribution in [2.45, 2.75) is 57.9 Å². The molecule has 6 nitrogen and oxygen atoms in total. The summed E-state index contributed by atoms with van der Waals surface area (Å²) >= 11 is 0. The molecule has 1 aromatic heterocycles. The van der Waals surface area contributed by atoms with E-state index in [0.717, 1.165) is 75.6 Å². The maximum absolute atomic E-state index is 12.7. The molecule has 1 aromatic rings. The van der Waals surface area contributed by atoms with Crippen molar-refractivity contribution in [1.82, 2.24) is 20.2 Å². The van der Waals surface area contributed by atoms with E-state index >= 15 is 0 Å². The number of aryl methyl sites for hydroxylation is 1. The summed E-state index contributed by atoms with van der Waals surface area (Å²) in [6.07, 6.45) is 5.30. The molecule has 3 heterocycles. The highest BCUT2D eigenvalue weighted by molar-refractivity contribution is 5.86. The zero-order valence-electron chi connectivity index (χ0n) is 15.8. The maximum atomic E-state index is 12.7. The van der Waals surface area contributed by atoms with Crippen LogP contribution < -0.4 is 10.2 Å². The lowest BCUT2D eigenvalue weighted by atomic mass is 9.94. The molecular formula is C19H31N5O. The number of piperidine rings is 1. The fourth-order valence-corrected chi connectivity index (χ4v) is 3.91. The van der Waals surface area contributed by atoms with Crippen LogP contribution in [0.2, 0.25) is 0 Å². The summed E-state index contributed by atoms with van der Waals surface area (Å²) < 4.78 is 0. The smallest absolute Gasteiger partial charge is 0.245 e. The molecule has 138 valence electrons. The van der Waals surface area contributed by atoms with Crippen molar-refractivity contribution in [3.05, 3.63) is 17.6 Å². The van der Waals surface area contributed by atoms with Crippen LogP contribution in [-0.2, 0) is 4.79 Å². The summed E-state index contributed by atoms with van der Waals surface area (Å²) in [5, 5.41) is 3.41. The van der Waals surface area contributed by atoms with E-state index in [9.17, 15) is 4.79 Å². The number of piperazine rings is 1. The Morgan fingerprint density at radius 1 is 1.24 bits per heavy atom. The maximum Gasteiger partial charge on any atom is 0.245 e. The van der Waals surface area contributed by atoms with Gasteiger partial charge in [0, 0.05) is 37.8 Å². The number of likely N-dealkylation sites (N-methyl/N-ethyl adjacent to an activating group) is 1. The monoisotopic (exact) mass is 345 g/mol. The van der Waals surface area contributed by atoms with Gasteiger partial charge in [-0.2, -0.15) is 0 Å². The molecule has 0 bridgehead atoms. The van der Waals surface area contributed by atoms with E-state index in [1.807, 2.05) is 18.9 Å². The Hall–Kier alpha value is -1.69. The number of hydrogen-bond donors (Lipinski definition) is 1. The van der Waals surface area contributed by atoms with Crippen molar-refractivity contribution in [2.75, 3.05) is 38.1 Å². The highest BCUT2D eigenvalue weighted by Gasteiger charge is 2.34. The molecule has 0 radical (unpaired) electrons. The van der Waals surface area contributed by atoms with E-state index in [1.165, 1.54) is 0 Å². The summed E-state index contributed by atoms with van der Waals surface area (Å²) in [7, 11) is 1.91. The van der Waals surface area contributed by atoms with E-state index in [-0.39, 0.29) is 11.9 Å². The van der Waals surface area contributed by atoms with Gasteiger partial charge in [-0.15, -0.1) is 0 Å². The molecule has 2 fully saturated rings. The SMILES string of the molecule is CCCCC1C(=O)N(C)CCN1c1cc(C2CCNCC2)nc(C)n1. The zero-order valence-corrected chi connectivity index (χ0v) is 15.8. The number of anilines is 1. The van der Waals surface area contributed by atoms with Crippen LogP contribution in [0.25, 0.3) is 0 Å². The molecule has 0 aliphatic carbocycles. The van der Waals surface area contributed by atoms with Gasteiger partial charge in [0.25, 0.3) is 0 Å². The lowest BCUT2D eigenvalue weighted by Crippen LogP contribution is -2.56. The quantitative estimate of drug-likeness (QED) is 0.885. The number of hydrogen-bond acceptors (Lipinski definition) is 5. The fraction of sp³-hybridized carbons (Fsp3) is 0.737. The molecule has 6 heteroatoms. The number of rotatable bonds is 5. The number of amides is 1. The molecule has 2 aliphatic rings. The predicted molar refractivity (Wildman–Crippen MR) is 99.9 cm³/mol. The van der Waals surface area contributed by atoms with Gasteiger partial charge in [0.2, 0.25) is 5.91 Å². The van der Waals surface area contributed by atoms with Gasteiger partial charge < -0.3 is 15.1 Å². The fourth-order valence-electron chi connectivity index (χ4n) is 3.91. The molecule has 0 saturated carbocycles. The Morgan fingerprint density at radius 2 is 2.00 bits per heavy atom.